The summed E-state index contributed by atoms with van der Waals surface area (Å²) in [6.07, 6.45) is 3.34. The topological polar surface area (TPSA) is 58.7 Å². The molecule has 3 rings (SSSR count). The number of hydrogen-bond donors (Lipinski definition) is 1. The van der Waals surface area contributed by atoms with Crippen LogP contribution < -0.4 is 5.73 Å². The Morgan fingerprint density at radius 1 is 1.35 bits per heavy atom. The summed E-state index contributed by atoms with van der Waals surface area (Å²) in [7, 11) is 1.65. The Kier molecular flexibility index (Phi) is 4.38. The van der Waals surface area contributed by atoms with Crippen LogP contribution in [0.3, 0.4) is 0 Å². The molecule has 2 atom stereocenters. The van der Waals surface area contributed by atoms with Crippen LogP contribution in [0.25, 0.3) is 4.91 Å². The molecule has 1 unspecified atom stereocenters. The van der Waals surface area contributed by atoms with Crippen molar-refractivity contribution in [1.29, 1.82) is 0 Å². The number of benzene rings is 1. The summed E-state index contributed by atoms with van der Waals surface area (Å²) >= 11 is 13.9. The lowest BCUT2D eigenvalue weighted by Crippen LogP contribution is -2.51. The van der Waals surface area contributed by atoms with E-state index >= 15 is 0 Å². The number of nitrogens with zero attached hydrogens (tertiary/aromatic N) is 2. The maximum absolute atomic E-state index is 12.1. The van der Waals surface area contributed by atoms with Crippen LogP contribution in [0.2, 0.25) is 10.0 Å². The Morgan fingerprint density at radius 2 is 2.00 bits per heavy atom. The molecule has 0 fully saturated rings. The number of thioether (sulfide) groups is 1. The molecule has 0 aromatic heterocycles. The van der Waals surface area contributed by atoms with E-state index < -0.39 is 5.54 Å². The van der Waals surface area contributed by atoms with E-state index in [1.54, 1.807) is 24.9 Å². The lowest BCUT2D eigenvalue weighted by Gasteiger charge is -2.37. The zero-order chi connectivity index (χ0) is 16.8. The summed E-state index contributed by atoms with van der Waals surface area (Å²) in [6.45, 7) is 1.99. The van der Waals surface area contributed by atoms with E-state index in [2.05, 4.69) is 11.1 Å². The highest BCUT2D eigenvalue weighted by Crippen LogP contribution is 2.47. The maximum Gasteiger partial charge on any atom is 0.231 e. The lowest BCUT2D eigenvalue weighted by molar-refractivity contribution is -0.128. The fourth-order valence-electron chi connectivity index (χ4n) is 2.84. The Balaban J connectivity index is 1.83. The van der Waals surface area contributed by atoms with E-state index in [-0.39, 0.29) is 17.1 Å². The molecule has 122 valence electrons. The van der Waals surface area contributed by atoms with Gasteiger partial charge in [0.1, 0.15) is 0 Å². The van der Waals surface area contributed by atoms with Gasteiger partial charge in [-0.05, 0) is 37.1 Å². The number of allylic oxidation sites excluding steroid dienone is 1. The first-order chi connectivity index (χ1) is 10.8. The van der Waals surface area contributed by atoms with E-state index in [1.165, 1.54) is 4.90 Å². The molecular formula is C16H17Cl2N3OS. The number of rotatable bonds is 2. The van der Waals surface area contributed by atoms with Gasteiger partial charge in [0.15, 0.2) is 5.96 Å². The van der Waals surface area contributed by atoms with E-state index in [1.807, 2.05) is 19.1 Å². The van der Waals surface area contributed by atoms with Crippen molar-refractivity contribution in [3.05, 3.63) is 39.9 Å². The van der Waals surface area contributed by atoms with Gasteiger partial charge in [0, 0.05) is 27.2 Å². The monoisotopic (exact) mass is 369 g/mol. The van der Waals surface area contributed by atoms with Crippen molar-refractivity contribution in [2.24, 2.45) is 10.7 Å². The summed E-state index contributed by atoms with van der Waals surface area (Å²) in [5.41, 5.74) is 6.39. The smallest absolute Gasteiger partial charge is 0.231 e. The van der Waals surface area contributed by atoms with Crippen molar-refractivity contribution in [3.8, 4) is 0 Å². The molecule has 0 saturated heterocycles. The van der Waals surface area contributed by atoms with E-state index in [9.17, 15) is 4.79 Å². The molecule has 0 bridgehead atoms. The first-order valence-corrected chi connectivity index (χ1v) is 8.87. The molecule has 0 aliphatic carbocycles. The van der Waals surface area contributed by atoms with Gasteiger partial charge >= 0.3 is 0 Å². The van der Waals surface area contributed by atoms with Gasteiger partial charge in [-0.2, -0.15) is 0 Å². The number of amides is 1. The van der Waals surface area contributed by atoms with Crippen molar-refractivity contribution in [1.82, 2.24) is 4.90 Å². The van der Waals surface area contributed by atoms with Crippen LogP contribution in [0.4, 0.5) is 0 Å². The van der Waals surface area contributed by atoms with Crippen molar-refractivity contribution in [3.63, 3.8) is 0 Å². The number of carbonyl (C=O) groups is 1. The SMILES string of the molecule is CN1C(=O)C[C@@](C)(C2CC=C(c3cc(Cl)cc(Cl)c3)S2)N=C1N. The fraction of sp³-hybridized carbons (Fsp3) is 0.375. The molecule has 0 spiro atoms. The summed E-state index contributed by atoms with van der Waals surface area (Å²) < 4.78 is 0. The molecule has 1 aromatic rings. The molecule has 1 aromatic carbocycles. The second-order valence-electron chi connectivity index (χ2n) is 6.03. The highest BCUT2D eigenvalue weighted by molar-refractivity contribution is 8.09. The van der Waals surface area contributed by atoms with Gasteiger partial charge in [0.25, 0.3) is 0 Å². The average molecular weight is 370 g/mol. The fourth-order valence-corrected chi connectivity index (χ4v) is 4.70. The second kappa shape index (κ2) is 6.04. The Labute approximate surface area is 149 Å². The van der Waals surface area contributed by atoms with Gasteiger partial charge in [-0.3, -0.25) is 9.69 Å². The van der Waals surface area contributed by atoms with Crippen LogP contribution >= 0.6 is 35.0 Å². The molecule has 23 heavy (non-hydrogen) atoms. The molecule has 0 radical (unpaired) electrons. The predicted octanol–water partition coefficient (Wildman–Crippen LogP) is 3.78. The predicted molar refractivity (Wildman–Crippen MR) is 97.8 cm³/mol. The van der Waals surface area contributed by atoms with E-state index in [4.69, 9.17) is 28.9 Å². The standard InChI is InChI=1S/C16H17Cl2N3OS/c1-16(8-14(22)21(2)15(19)20-16)13-4-3-12(23-13)9-5-10(17)7-11(18)6-9/h3,5-7,13H,4,8H2,1-2H3,(H2,19,20)/t13?,16-/m0/s1. The molecule has 2 aliphatic heterocycles. The summed E-state index contributed by atoms with van der Waals surface area (Å²) in [6, 6.07) is 5.51. The van der Waals surface area contributed by atoms with Crippen molar-refractivity contribution in [2.45, 2.75) is 30.6 Å². The minimum atomic E-state index is -0.501. The summed E-state index contributed by atoms with van der Waals surface area (Å²) in [5.74, 6) is 0.281. The quantitative estimate of drug-likeness (QED) is 0.862. The Hall–Kier alpha value is -1.17. The molecule has 2 N–H and O–H groups in total. The van der Waals surface area contributed by atoms with E-state index in [0.717, 1.165) is 16.9 Å². The Morgan fingerprint density at radius 3 is 2.61 bits per heavy atom. The van der Waals surface area contributed by atoms with Gasteiger partial charge in [-0.1, -0.05) is 29.3 Å². The van der Waals surface area contributed by atoms with Crippen molar-refractivity contribution < 1.29 is 4.79 Å². The minimum absolute atomic E-state index is 0.000139. The molecule has 4 nitrogen and oxygen atoms in total. The number of halogens is 2. The number of nitrogens with two attached hydrogens (primary N) is 1. The van der Waals surface area contributed by atoms with Crippen LogP contribution in [0.1, 0.15) is 25.3 Å². The number of aliphatic imine (C=N–C) groups is 1. The normalized spacial score (nSPS) is 27.9. The van der Waals surface area contributed by atoms with Crippen LogP contribution in [0, 0.1) is 0 Å². The second-order valence-corrected chi connectivity index (χ2v) is 8.14. The largest absolute Gasteiger partial charge is 0.369 e. The molecule has 0 saturated carbocycles. The van der Waals surface area contributed by atoms with Gasteiger partial charge < -0.3 is 5.73 Å². The zero-order valence-corrected chi connectivity index (χ0v) is 15.2. The van der Waals surface area contributed by atoms with E-state index in [0.29, 0.717) is 16.5 Å². The van der Waals surface area contributed by atoms with Gasteiger partial charge in [-0.15, -0.1) is 11.8 Å². The lowest BCUT2D eigenvalue weighted by atomic mass is 9.90. The summed E-state index contributed by atoms with van der Waals surface area (Å²) in [5, 5.41) is 1.38. The number of hydrogen-bond acceptors (Lipinski definition) is 4. The average Bonchev–Trinajstić information content (AvgIpc) is 2.94. The minimum Gasteiger partial charge on any atom is -0.369 e. The van der Waals surface area contributed by atoms with Crippen molar-refractivity contribution in [2.75, 3.05) is 7.05 Å². The maximum atomic E-state index is 12.1. The highest BCUT2D eigenvalue weighted by Gasteiger charge is 2.43. The number of carbonyl (C=O) groups excluding carboxylic acids is 1. The molecular weight excluding hydrogens is 353 g/mol. The molecule has 2 heterocycles. The summed E-state index contributed by atoms with van der Waals surface area (Å²) in [4.78, 5) is 19.2. The van der Waals surface area contributed by atoms with Gasteiger partial charge in [0.05, 0.1) is 12.0 Å². The van der Waals surface area contributed by atoms with Gasteiger partial charge in [0.2, 0.25) is 5.91 Å². The van der Waals surface area contributed by atoms with Crippen LogP contribution in [0.5, 0.6) is 0 Å². The Bertz CT molecular complexity index is 714. The molecule has 7 heteroatoms. The first kappa shape index (κ1) is 16.7. The highest BCUT2D eigenvalue weighted by atomic mass is 35.5. The van der Waals surface area contributed by atoms with Gasteiger partial charge in [-0.25, -0.2) is 4.99 Å². The molecule has 2 aliphatic rings. The zero-order valence-electron chi connectivity index (χ0n) is 12.8. The van der Waals surface area contributed by atoms with Crippen LogP contribution in [-0.4, -0.2) is 34.6 Å². The van der Waals surface area contributed by atoms with Crippen LogP contribution in [-0.2, 0) is 4.79 Å². The third-order valence-electron chi connectivity index (χ3n) is 4.22. The van der Waals surface area contributed by atoms with Crippen molar-refractivity contribution >= 4 is 51.7 Å². The molecule has 1 amide bonds. The first-order valence-electron chi connectivity index (χ1n) is 7.24. The van der Waals surface area contributed by atoms with Crippen LogP contribution in [0.15, 0.2) is 29.3 Å². The third kappa shape index (κ3) is 3.23. The number of guanidine groups is 1. The third-order valence-corrected chi connectivity index (χ3v) is 6.30.